The highest BCUT2D eigenvalue weighted by molar-refractivity contribution is 5.77. The minimum absolute atomic E-state index is 0.514. The van der Waals surface area contributed by atoms with Gasteiger partial charge in [0, 0.05) is 42.3 Å². The number of hydrogen-bond donors (Lipinski definition) is 2. The van der Waals surface area contributed by atoms with E-state index in [0.717, 1.165) is 46.0 Å². The molecular formula is C25H30N6. The summed E-state index contributed by atoms with van der Waals surface area (Å²) in [5, 5.41) is 7.82. The van der Waals surface area contributed by atoms with Crippen LogP contribution in [-0.4, -0.2) is 32.1 Å². The Morgan fingerprint density at radius 3 is 2.97 bits per heavy atom. The molecule has 1 saturated heterocycles. The average Bonchev–Trinajstić information content (AvgIpc) is 3.42. The fraction of sp³-hybridized carbons (Fsp3) is 0.280. The molecule has 1 aliphatic rings. The van der Waals surface area contributed by atoms with Crippen LogP contribution in [-0.2, 0) is 6.54 Å². The highest BCUT2D eigenvalue weighted by Crippen LogP contribution is 2.27. The van der Waals surface area contributed by atoms with Crippen LogP contribution in [0.1, 0.15) is 32.3 Å². The summed E-state index contributed by atoms with van der Waals surface area (Å²) in [7, 11) is 0. The SMILES string of the molecule is C=C(/C=C\C=C(/C)Nc1cc(-c2cccc(CN)c2)cn2ncnc12)N1CCCC1C. The van der Waals surface area contributed by atoms with Gasteiger partial charge in [0.25, 0.3) is 0 Å². The summed E-state index contributed by atoms with van der Waals surface area (Å²) in [4.78, 5) is 6.78. The van der Waals surface area contributed by atoms with Crippen LogP contribution in [0.2, 0.25) is 0 Å². The lowest BCUT2D eigenvalue weighted by Crippen LogP contribution is -2.24. The second-order valence-corrected chi connectivity index (χ2v) is 8.08. The third kappa shape index (κ3) is 4.70. The number of nitrogens with zero attached hydrogens (tertiary/aromatic N) is 4. The van der Waals surface area contributed by atoms with Gasteiger partial charge in [0.15, 0.2) is 5.65 Å². The van der Waals surface area contributed by atoms with Gasteiger partial charge in [-0.1, -0.05) is 30.9 Å². The van der Waals surface area contributed by atoms with E-state index < -0.39 is 0 Å². The minimum Gasteiger partial charge on any atom is -0.369 e. The van der Waals surface area contributed by atoms with E-state index in [2.05, 4.69) is 64.2 Å². The van der Waals surface area contributed by atoms with Crippen LogP contribution in [0.15, 0.2) is 79.1 Å². The maximum absolute atomic E-state index is 5.82. The Morgan fingerprint density at radius 1 is 1.32 bits per heavy atom. The van der Waals surface area contributed by atoms with Gasteiger partial charge in [0.2, 0.25) is 0 Å². The molecule has 31 heavy (non-hydrogen) atoms. The van der Waals surface area contributed by atoms with Crippen LogP contribution in [0.3, 0.4) is 0 Å². The van der Waals surface area contributed by atoms with Crippen LogP contribution in [0.4, 0.5) is 5.69 Å². The molecule has 0 spiro atoms. The predicted octanol–water partition coefficient (Wildman–Crippen LogP) is 4.72. The Labute approximate surface area is 183 Å². The maximum atomic E-state index is 5.82. The van der Waals surface area contributed by atoms with Gasteiger partial charge >= 0.3 is 0 Å². The largest absolute Gasteiger partial charge is 0.369 e. The molecule has 1 aliphatic heterocycles. The first-order chi connectivity index (χ1) is 15.0. The highest BCUT2D eigenvalue weighted by Gasteiger charge is 2.19. The molecule has 6 heteroatoms. The van der Waals surface area contributed by atoms with Crippen LogP contribution in [0.5, 0.6) is 0 Å². The monoisotopic (exact) mass is 414 g/mol. The standard InChI is InChI=1S/C25H30N6/c1-18(7-4-8-19(2)30-12-6-9-20(30)3)29-24-14-23(16-31-25(24)27-17-28-31)22-11-5-10-21(13-22)15-26/h4-5,7-8,10-11,13-14,16-17,20,29H,2,6,9,12,15,26H2,1,3H3/b8-4-,18-7+. The fourth-order valence-corrected chi connectivity index (χ4v) is 4.07. The number of benzene rings is 1. The summed E-state index contributed by atoms with van der Waals surface area (Å²) in [6, 6.07) is 10.9. The van der Waals surface area contributed by atoms with Gasteiger partial charge in [0.05, 0.1) is 5.69 Å². The lowest BCUT2D eigenvalue weighted by atomic mass is 10.0. The molecule has 0 radical (unpaired) electrons. The van der Waals surface area contributed by atoms with E-state index in [1.54, 1.807) is 10.8 Å². The third-order valence-corrected chi connectivity index (χ3v) is 5.76. The summed E-state index contributed by atoms with van der Waals surface area (Å²) < 4.78 is 1.80. The molecule has 0 saturated carbocycles. The van der Waals surface area contributed by atoms with Gasteiger partial charge in [-0.15, -0.1) is 0 Å². The lowest BCUT2D eigenvalue weighted by Gasteiger charge is -2.23. The maximum Gasteiger partial charge on any atom is 0.178 e. The molecule has 1 aromatic carbocycles. The van der Waals surface area contributed by atoms with Crippen molar-refractivity contribution in [3.8, 4) is 11.1 Å². The summed E-state index contributed by atoms with van der Waals surface area (Å²) in [5.74, 6) is 0. The number of pyridine rings is 1. The Kier molecular flexibility index (Phi) is 6.18. The van der Waals surface area contributed by atoms with Gasteiger partial charge in [0.1, 0.15) is 6.33 Å². The van der Waals surface area contributed by atoms with Crippen molar-refractivity contribution >= 4 is 11.3 Å². The quantitative estimate of drug-likeness (QED) is 0.547. The molecule has 1 atom stereocenters. The van der Waals surface area contributed by atoms with Crippen molar-refractivity contribution in [2.24, 2.45) is 5.73 Å². The van der Waals surface area contributed by atoms with E-state index in [0.29, 0.717) is 12.6 Å². The number of likely N-dealkylation sites (tertiary alicyclic amines) is 1. The number of rotatable bonds is 7. The van der Waals surface area contributed by atoms with Crippen molar-refractivity contribution in [3.63, 3.8) is 0 Å². The van der Waals surface area contributed by atoms with Gasteiger partial charge in [-0.05, 0) is 62.1 Å². The van der Waals surface area contributed by atoms with E-state index in [1.165, 1.54) is 12.8 Å². The number of nitrogens with one attached hydrogen (secondary N) is 1. The normalized spacial score (nSPS) is 17.1. The van der Waals surface area contributed by atoms with Crippen molar-refractivity contribution in [2.75, 3.05) is 11.9 Å². The summed E-state index contributed by atoms with van der Waals surface area (Å²) in [6.07, 6.45) is 12.2. The third-order valence-electron chi connectivity index (χ3n) is 5.76. The van der Waals surface area contributed by atoms with Gasteiger partial charge < -0.3 is 16.0 Å². The Morgan fingerprint density at radius 2 is 2.19 bits per heavy atom. The molecule has 3 heterocycles. The second kappa shape index (κ2) is 9.18. The highest BCUT2D eigenvalue weighted by atomic mass is 15.3. The van der Waals surface area contributed by atoms with Gasteiger partial charge in [-0.3, -0.25) is 0 Å². The Hall–Kier alpha value is -3.38. The molecule has 160 valence electrons. The Balaban J connectivity index is 1.56. The molecule has 0 amide bonds. The predicted molar refractivity (Wildman–Crippen MR) is 127 cm³/mol. The molecule has 4 rings (SSSR count). The first-order valence-corrected chi connectivity index (χ1v) is 10.8. The molecule has 2 aromatic heterocycles. The first kappa shape index (κ1) is 20.9. The molecule has 3 N–H and O–H groups in total. The smallest absolute Gasteiger partial charge is 0.178 e. The molecular weight excluding hydrogens is 384 g/mol. The Bertz CT molecular complexity index is 1140. The molecule has 0 aliphatic carbocycles. The zero-order valence-corrected chi connectivity index (χ0v) is 18.3. The van der Waals surface area contributed by atoms with Crippen molar-refractivity contribution in [2.45, 2.75) is 39.3 Å². The fourth-order valence-electron chi connectivity index (χ4n) is 4.07. The van der Waals surface area contributed by atoms with E-state index >= 15 is 0 Å². The van der Waals surface area contributed by atoms with Crippen LogP contribution >= 0.6 is 0 Å². The second-order valence-electron chi connectivity index (χ2n) is 8.08. The number of anilines is 1. The van der Waals surface area contributed by atoms with E-state index in [9.17, 15) is 0 Å². The zero-order chi connectivity index (χ0) is 21.8. The van der Waals surface area contributed by atoms with E-state index in [-0.39, 0.29) is 0 Å². The van der Waals surface area contributed by atoms with E-state index in [4.69, 9.17) is 5.73 Å². The van der Waals surface area contributed by atoms with Crippen molar-refractivity contribution < 1.29 is 0 Å². The number of nitrogens with two attached hydrogens (primary N) is 1. The van der Waals surface area contributed by atoms with Crippen LogP contribution < -0.4 is 11.1 Å². The summed E-state index contributed by atoms with van der Waals surface area (Å²) in [6.45, 7) is 10.1. The van der Waals surface area contributed by atoms with Gasteiger partial charge in [-0.2, -0.15) is 5.10 Å². The van der Waals surface area contributed by atoms with E-state index in [1.807, 2.05) is 31.3 Å². The number of allylic oxidation sites excluding steroid dienone is 4. The van der Waals surface area contributed by atoms with Crippen molar-refractivity contribution in [1.29, 1.82) is 0 Å². The molecule has 1 fully saturated rings. The van der Waals surface area contributed by atoms with Gasteiger partial charge in [-0.25, -0.2) is 9.50 Å². The lowest BCUT2D eigenvalue weighted by molar-refractivity contribution is 0.352. The zero-order valence-electron chi connectivity index (χ0n) is 18.3. The van der Waals surface area contributed by atoms with Crippen molar-refractivity contribution in [3.05, 3.63) is 84.6 Å². The summed E-state index contributed by atoms with van der Waals surface area (Å²) in [5.41, 5.74) is 12.8. The molecule has 0 bridgehead atoms. The molecule has 1 unspecified atom stereocenters. The molecule has 3 aromatic rings. The molecule has 6 nitrogen and oxygen atoms in total. The number of fused-ring (bicyclic) bond motifs is 1. The first-order valence-electron chi connectivity index (χ1n) is 10.8. The summed E-state index contributed by atoms with van der Waals surface area (Å²) >= 11 is 0. The van der Waals surface area contributed by atoms with Crippen LogP contribution in [0.25, 0.3) is 16.8 Å². The number of aromatic nitrogens is 3. The number of hydrogen-bond acceptors (Lipinski definition) is 5. The average molecular weight is 415 g/mol. The van der Waals surface area contributed by atoms with Crippen LogP contribution in [0, 0.1) is 0 Å². The topological polar surface area (TPSA) is 71.5 Å². The van der Waals surface area contributed by atoms with Crippen molar-refractivity contribution in [1.82, 2.24) is 19.5 Å². The minimum atomic E-state index is 0.514.